The number of carbonyl (C=O) groups is 1. The van der Waals surface area contributed by atoms with Gasteiger partial charge in [-0.1, -0.05) is 6.07 Å². The van der Waals surface area contributed by atoms with E-state index in [1.165, 1.54) is 19.2 Å². The molecular formula is C20H26FN3O4S. The first-order valence-corrected chi connectivity index (χ1v) is 11.2. The molecule has 1 aromatic carbocycles. The van der Waals surface area contributed by atoms with Crippen LogP contribution in [0.5, 0.6) is 5.75 Å². The van der Waals surface area contributed by atoms with Gasteiger partial charge in [-0.3, -0.25) is 9.48 Å². The zero-order valence-corrected chi connectivity index (χ0v) is 17.9. The molecule has 0 radical (unpaired) electrons. The first-order valence-electron chi connectivity index (χ1n) is 9.42. The number of hydrogen-bond donors (Lipinski definition) is 0. The maximum atomic E-state index is 13.9. The van der Waals surface area contributed by atoms with Crippen molar-refractivity contribution in [1.29, 1.82) is 0 Å². The molecule has 0 unspecified atom stereocenters. The summed E-state index contributed by atoms with van der Waals surface area (Å²) in [6.07, 6.45) is 0.631. The fourth-order valence-electron chi connectivity index (χ4n) is 3.70. The Bertz CT molecular complexity index is 1030. The molecule has 2 heterocycles. The predicted molar refractivity (Wildman–Crippen MR) is 107 cm³/mol. The molecule has 0 N–H and O–H groups in total. The monoisotopic (exact) mass is 423 g/mol. The predicted octanol–water partition coefficient (Wildman–Crippen LogP) is 2.21. The molecule has 0 bridgehead atoms. The fraction of sp³-hybridized carbons (Fsp3) is 0.500. The largest absolute Gasteiger partial charge is 0.494 e. The molecule has 1 aliphatic rings. The number of ether oxygens (including phenoxy) is 1. The number of methoxy groups -OCH3 is 1. The van der Waals surface area contributed by atoms with Gasteiger partial charge in [-0.2, -0.15) is 5.10 Å². The van der Waals surface area contributed by atoms with E-state index in [9.17, 15) is 17.6 Å². The average molecular weight is 424 g/mol. The molecule has 0 aliphatic carbocycles. The Morgan fingerprint density at radius 3 is 2.69 bits per heavy atom. The van der Waals surface area contributed by atoms with Crippen LogP contribution in [0.4, 0.5) is 4.39 Å². The molecule has 7 nitrogen and oxygen atoms in total. The molecule has 29 heavy (non-hydrogen) atoms. The van der Waals surface area contributed by atoms with Crippen LogP contribution >= 0.6 is 0 Å². The van der Waals surface area contributed by atoms with E-state index in [4.69, 9.17) is 4.74 Å². The molecule has 158 valence electrons. The molecule has 1 saturated heterocycles. The van der Waals surface area contributed by atoms with Gasteiger partial charge in [0.2, 0.25) is 5.91 Å². The molecule has 9 heteroatoms. The van der Waals surface area contributed by atoms with Crippen LogP contribution in [0.2, 0.25) is 0 Å². The lowest BCUT2D eigenvalue weighted by Crippen LogP contribution is -2.28. The van der Waals surface area contributed by atoms with E-state index >= 15 is 0 Å². The van der Waals surface area contributed by atoms with Crippen LogP contribution in [-0.2, 0) is 27.6 Å². The van der Waals surface area contributed by atoms with Crippen molar-refractivity contribution in [3.05, 3.63) is 46.5 Å². The van der Waals surface area contributed by atoms with Crippen LogP contribution in [0, 0.1) is 19.7 Å². The number of carbonyl (C=O) groups excluding carboxylic acids is 1. The Morgan fingerprint density at radius 2 is 2.10 bits per heavy atom. The van der Waals surface area contributed by atoms with E-state index in [2.05, 4.69) is 5.10 Å². The Balaban J connectivity index is 1.71. The van der Waals surface area contributed by atoms with Gasteiger partial charge in [0, 0.05) is 24.8 Å². The molecule has 0 spiro atoms. The van der Waals surface area contributed by atoms with Gasteiger partial charge in [0.1, 0.15) is 0 Å². The lowest BCUT2D eigenvalue weighted by Gasteiger charge is -2.18. The zero-order chi connectivity index (χ0) is 21.3. The lowest BCUT2D eigenvalue weighted by atomic mass is 10.1. The number of nitrogens with zero attached hydrogens (tertiary/aromatic N) is 3. The third-order valence-electron chi connectivity index (χ3n) is 5.42. The Kier molecular flexibility index (Phi) is 5.97. The second-order valence-corrected chi connectivity index (χ2v) is 9.78. The van der Waals surface area contributed by atoms with Gasteiger partial charge in [-0.25, -0.2) is 12.8 Å². The van der Waals surface area contributed by atoms with Crippen molar-refractivity contribution in [2.45, 2.75) is 39.3 Å². The minimum Gasteiger partial charge on any atom is -0.494 e. The normalized spacial score (nSPS) is 18.0. The quantitative estimate of drug-likeness (QED) is 0.712. The van der Waals surface area contributed by atoms with Crippen LogP contribution in [0.1, 0.15) is 35.0 Å². The Labute approximate surface area is 170 Å². The van der Waals surface area contributed by atoms with Gasteiger partial charge in [0.05, 0.1) is 36.8 Å². The van der Waals surface area contributed by atoms with Gasteiger partial charge < -0.3 is 9.64 Å². The van der Waals surface area contributed by atoms with E-state index in [1.54, 1.807) is 22.7 Å². The highest BCUT2D eigenvalue weighted by atomic mass is 32.2. The number of hydrogen-bond acceptors (Lipinski definition) is 5. The number of aromatic nitrogens is 2. The number of rotatable bonds is 6. The molecule has 3 rings (SSSR count). The van der Waals surface area contributed by atoms with Crippen LogP contribution in [-0.4, -0.2) is 54.7 Å². The Morgan fingerprint density at radius 1 is 1.38 bits per heavy atom. The maximum absolute atomic E-state index is 13.9. The fourth-order valence-corrected chi connectivity index (χ4v) is 5.40. The molecular weight excluding hydrogens is 397 g/mol. The summed E-state index contributed by atoms with van der Waals surface area (Å²) in [7, 11) is 0.0760. The summed E-state index contributed by atoms with van der Waals surface area (Å²) >= 11 is 0. The molecule has 1 atom stereocenters. The maximum Gasteiger partial charge on any atom is 0.227 e. The SMILES string of the molecule is COc1ccc(CC(=O)N(C)Cc2c(C)nn([C@@H]3CCS(=O)(=O)C3)c2C)cc1F. The summed E-state index contributed by atoms with van der Waals surface area (Å²) in [5.41, 5.74) is 3.13. The second-order valence-electron chi connectivity index (χ2n) is 7.55. The molecule has 1 aliphatic heterocycles. The van der Waals surface area contributed by atoms with Gasteiger partial charge in [0.15, 0.2) is 21.4 Å². The van der Waals surface area contributed by atoms with E-state index in [0.29, 0.717) is 18.5 Å². The summed E-state index contributed by atoms with van der Waals surface area (Å²) in [6.45, 7) is 4.12. The smallest absolute Gasteiger partial charge is 0.227 e. The second kappa shape index (κ2) is 8.14. The number of halogens is 1. The summed E-state index contributed by atoms with van der Waals surface area (Å²) in [5, 5.41) is 4.54. The first kappa shape index (κ1) is 21.3. The van der Waals surface area contributed by atoms with Crippen molar-refractivity contribution in [1.82, 2.24) is 14.7 Å². The summed E-state index contributed by atoms with van der Waals surface area (Å²) < 4.78 is 44.1. The van der Waals surface area contributed by atoms with Crippen LogP contribution in [0.25, 0.3) is 0 Å². The minimum atomic E-state index is -3.01. The van der Waals surface area contributed by atoms with E-state index < -0.39 is 15.7 Å². The van der Waals surface area contributed by atoms with Crippen molar-refractivity contribution in [2.24, 2.45) is 0 Å². The van der Waals surface area contributed by atoms with Crippen LogP contribution < -0.4 is 4.74 Å². The number of aryl methyl sites for hydroxylation is 1. The highest BCUT2D eigenvalue weighted by Crippen LogP contribution is 2.27. The Hall–Kier alpha value is -2.42. The third-order valence-corrected chi connectivity index (χ3v) is 7.17. The van der Waals surface area contributed by atoms with Crippen LogP contribution in [0.15, 0.2) is 18.2 Å². The molecule has 2 aromatic rings. The van der Waals surface area contributed by atoms with Crippen LogP contribution in [0.3, 0.4) is 0 Å². The van der Waals surface area contributed by atoms with Crippen molar-refractivity contribution >= 4 is 15.7 Å². The first-order chi connectivity index (χ1) is 13.6. The van der Waals surface area contributed by atoms with Gasteiger partial charge >= 0.3 is 0 Å². The lowest BCUT2D eigenvalue weighted by molar-refractivity contribution is -0.129. The van der Waals surface area contributed by atoms with Gasteiger partial charge in [-0.15, -0.1) is 0 Å². The zero-order valence-electron chi connectivity index (χ0n) is 17.1. The standard InChI is InChI=1S/C20H26FN3O4S/c1-13-17(14(2)24(22-13)16-7-8-29(26,27)12-16)11-23(3)20(25)10-15-5-6-19(28-4)18(21)9-15/h5-6,9,16H,7-8,10-12H2,1-4H3/t16-/m1/s1. The average Bonchev–Trinajstić information content (AvgIpc) is 3.15. The van der Waals surface area contributed by atoms with E-state index in [-0.39, 0.29) is 35.6 Å². The summed E-state index contributed by atoms with van der Waals surface area (Å²) in [5.74, 6) is -0.222. The summed E-state index contributed by atoms with van der Waals surface area (Å²) in [4.78, 5) is 14.2. The van der Waals surface area contributed by atoms with Crippen molar-refractivity contribution in [3.8, 4) is 5.75 Å². The van der Waals surface area contributed by atoms with Gasteiger partial charge in [0.25, 0.3) is 0 Å². The number of likely N-dealkylation sites (N-methyl/N-ethyl adjacent to an activating group) is 1. The number of amides is 1. The highest BCUT2D eigenvalue weighted by Gasteiger charge is 2.31. The van der Waals surface area contributed by atoms with E-state index in [0.717, 1.165) is 17.0 Å². The topological polar surface area (TPSA) is 81.5 Å². The molecule has 0 saturated carbocycles. The molecule has 1 aromatic heterocycles. The molecule has 1 fully saturated rings. The number of sulfone groups is 1. The molecule has 1 amide bonds. The third kappa shape index (κ3) is 4.60. The van der Waals surface area contributed by atoms with E-state index in [1.807, 2.05) is 13.8 Å². The van der Waals surface area contributed by atoms with Crippen molar-refractivity contribution in [3.63, 3.8) is 0 Å². The highest BCUT2D eigenvalue weighted by molar-refractivity contribution is 7.91. The summed E-state index contributed by atoms with van der Waals surface area (Å²) in [6, 6.07) is 4.32. The van der Waals surface area contributed by atoms with Crippen molar-refractivity contribution < 1.29 is 22.3 Å². The number of benzene rings is 1. The van der Waals surface area contributed by atoms with Crippen molar-refractivity contribution in [2.75, 3.05) is 25.7 Å². The minimum absolute atomic E-state index is 0.0739. The van der Waals surface area contributed by atoms with Gasteiger partial charge in [-0.05, 0) is 38.0 Å².